The molecule has 2 aromatic rings. The summed E-state index contributed by atoms with van der Waals surface area (Å²) < 4.78 is 41.1. The molecule has 1 fully saturated rings. The summed E-state index contributed by atoms with van der Waals surface area (Å²) in [7, 11) is 0. The van der Waals surface area contributed by atoms with E-state index >= 15 is 0 Å². The molecule has 1 saturated heterocycles. The standard InChI is InChI=1S/C16H12F3N3O5S/c17-16(18,19)15(25)11(13(23)10-5-2-6-28-10)12(20-14(24)21-15)8-3-1-4-9(7-8)22(26)27/h1-7,11-12,25H,(H2,20,21,24)/t11-,12+,15+/m1/s1. The Kier molecular flexibility index (Phi) is 4.85. The normalized spacial score (nSPS) is 24.9. The second-order valence-electron chi connectivity index (χ2n) is 6.01. The molecule has 28 heavy (non-hydrogen) atoms. The molecule has 3 N–H and O–H groups in total. The minimum atomic E-state index is -5.39. The van der Waals surface area contributed by atoms with Crippen molar-refractivity contribution in [1.82, 2.24) is 10.6 Å². The predicted molar refractivity (Wildman–Crippen MR) is 90.6 cm³/mol. The van der Waals surface area contributed by atoms with Crippen molar-refractivity contribution in [2.24, 2.45) is 5.92 Å². The molecule has 0 aliphatic carbocycles. The van der Waals surface area contributed by atoms with Crippen LogP contribution in [0.3, 0.4) is 0 Å². The van der Waals surface area contributed by atoms with E-state index in [1.54, 1.807) is 0 Å². The molecule has 0 spiro atoms. The lowest BCUT2D eigenvalue weighted by molar-refractivity contribution is -0.385. The minimum Gasteiger partial charge on any atom is -0.363 e. The highest BCUT2D eigenvalue weighted by Crippen LogP contribution is 2.44. The number of thiophene rings is 1. The molecule has 8 nitrogen and oxygen atoms in total. The van der Waals surface area contributed by atoms with Crippen LogP contribution in [-0.4, -0.2) is 33.7 Å². The van der Waals surface area contributed by atoms with Crippen LogP contribution in [0.2, 0.25) is 0 Å². The maximum atomic E-state index is 13.7. The second kappa shape index (κ2) is 6.87. The van der Waals surface area contributed by atoms with Crippen molar-refractivity contribution >= 4 is 28.8 Å². The zero-order valence-electron chi connectivity index (χ0n) is 13.8. The van der Waals surface area contributed by atoms with Crippen LogP contribution in [-0.2, 0) is 0 Å². The lowest BCUT2D eigenvalue weighted by atomic mass is 9.78. The molecule has 2 amide bonds. The largest absolute Gasteiger partial charge is 0.437 e. The predicted octanol–water partition coefficient (Wildman–Crippen LogP) is 2.76. The fourth-order valence-corrected chi connectivity index (χ4v) is 3.72. The first-order valence-corrected chi connectivity index (χ1v) is 8.62. The van der Waals surface area contributed by atoms with Crippen LogP contribution in [0.1, 0.15) is 21.3 Å². The first-order chi connectivity index (χ1) is 13.0. The quantitative estimate of drug-likeness (QED) is 0.403. The van der Waals surface area contributed by atoms with E-state index in [1.165, 1.54) is 35.0 Å². The molecule has 1 aliphatic heterocycles. The number of carbonyl (C=O) groups is 2. The number of Topliss-reactive ketones (excluding diaryl/α,β-unsaturated/α-hetero) is 1. The topological polar surface area (TPSA) is 122 Å². The second-order valence-corrected chi connectivity index (χ2v) is 6.96. The van der Waals surface area contributed by atoms with Crippen molar-refractivity contribution < 1.29 is 32.8 Å². The number of alkyl halides is 3. The lowest BCUT2D eigenvalue weighted by Gasteiger charge is -2.44. The lowest BCUT2D eigenvalue weighted by Crippen LogP contribution is -2.72. The number of nitrogens with zero attached hydrogens (tertiary/aromatic N) is 1. The van der Waals surface area contributed by atoms with Crippen LogP contribution in [0, 0.1) is 16.0 Å². The molecule has 1 aliphatic rings. The van der Waals surface area contributed by atoms with Gasteiger partial charge >= 0.3 is 12.2 Å². The van der Waals surface area contributed by atoms with E-state index in [1.807, 2.05) is 0 Å². The molecule has 3 rings (SSSR count). The Morgan fingerprint density at radius 2 is 2.00 bits per heavy atom. The highest BCUT2D eigenvalue weighted by atomic mass is 32.1. The number of non-ortho nitro benzene ring substituents is 1. The molecule has 2 heterocycles. The van der Waals surface area contributed by atoms with E-state index in [-0.39, 0.29) is 10.4 Å². The van der Waals surface area contributed by atoms with Gasteiger partial charge in [0.05, 0.1) is 15.8 Å². The highest BCUT2D eigenvalue weighted by Gasteiger charge is 2.66. The third kappa shape index (κ3) is 3.31. The maximum absolute atomic E-state index is 13.7. The first kappa shape index (κ1) is 19.8. The molecule has 12 heteroatoms. The Labute approximate surface area is 159 Å². The molecule has 3 atom stereocenters. The highest BCUT2D eigenvalue weighted by molar-refractivity contribution is 7.12. The smallest absolute Gasteiger partial charge is 0.363 e. The third-order valence-electron chi connectivity index (χ3n) is 4.29. The molecule has 0 radical (unpaired) electrons. The van der Waals surface area contributed by atoms with Crippen molar-refractivity contribution in [3.8, 4) is 0 Å². The van der Waals surface area contributed by atoms with Crippen LogP contribution in [0.5, 0.6) is 0 Å². The molecule has 1 aromatic carbocycles. The van der Waals surface area contributed by atoms with Crippen LogP contribution in [0.25, 0.3) is 0 Å². The van der Waals surface area contributed by atoms with E-state index in [2.05, 4.69) is 5.32 Å². The number of nitrogens with one attached hydrogen (secondary N) is 2. The van der Waals surface area contributed by atoms with Gasteiger partial charge < -0.3 is 15.7 Å². The minimum absolute atomic E-state index is 0.0685. The number of urea groups is 1. The van der Waals surface area contributed by atoms with Gasteiger partial charge in [0.1, 0.15) is 5.92 Å². The number of nitro groups is 1. The average molecular weight is 415 g/mol. The first-order valence-electron chi connectivity index (χ1n) is 7.74. The monoisotopic (exact) mass is 415 g/mol. The van der Waals surface area contributed by atoms with Crippen molar-refractivity contribution in [3.63, 3.8) is 0 Å². The third-order valence-corrected chi connectivity index (χ3v) is 5.18. The summed E-state index contributed by atoms with van der Waals surface area (Å²) in [6, 6.07) is 4.20. The SMILES string of the molecule is O=C1N[C@@H](c2cccc([N+](=O)[O-])c2)[C@H](C(=O)c2cccs2)[C@](O)(C(F)(F)F)N1. The summed E-state index contributed by atoms with van der Waals surface area (Å²) in [5.41, 5.74) is -4.43. The summed E-state index contributed by atoms with van der Waals surface area (Å²) >= 11 is 0.865. The van der Waals surface area contributed by atoms with Crippen LogP contribution in [0.4, 0.5) is 23.7 Å². The molecule has 0 saturated carbocycles. The van der Waals surface area contributed by atoms with Gasteiger partial charge in [-0.2, -0.15) is 13.2 Å². The number of carbonyl (C=O) groups excluding carboxylic acids is 2. The van der Waals surface area contributed by atoms with Gasteiger partial charge in [-0.05, 0) is 17.0 Å². The molecule has 0 bridgehead atoms. The Morgan fingerprint density at radius 3 is 2.57 bits per heavy atom. The van der Waals surface area contributed by atoms with E-state index in [9.17, 15) is 38.0 Å². The Balaban J connectivity index is 2.17. The zero-order chi connectivity index (χ0) is 20.7. The Bertz CT molecular complexity index is 934. The summed E-state index contributed by atoms with van der Waals surface area (Å²) in [6.07, 6.45) is -5.39. The van der Waals surface area contributed by atoms with Crippen LogP contribution < -0.4 is 10.6 Å². The maximum Gasteiger partial charge on any atom is 0.437 e. The summed E-state index contributed by atoms with van der Waals surface area (Å²) in [4.78, 5) is 34.9. The van der Waals surface area contributed by atoms with Crippen LogP contribution >= 0.6 is 11.3 Å². The zero-order valence-corrected chi connectivity index (χ0v) is 14.6. The number of amides is 2. The van der Waals surface area contributed by atoms with Gasteiger partial charge in [-0.25, -0.2) is 4.79 Å². The van der Waals surface area contributed by atoms with Gasteiger partial charge in [-0.3, -0.25) is 14.9 Å². The number of halogens is 3. The van der Waals surface area contributed by atoms with E-state index < -0.39 is 46.3 Å². The number of aliphatic hydroxyl groups is 1. The fraction of sp³-hybridized carbons (Fsp3) is 0.250. The van der Waals surface area contributed by atoms with Gasteiger partial charge in [0.2, 0.25) is 5.72 Å². The number of hydrogen-bond donors (Lipinski definition) is 3. The number of ketones is 1. The van der Waals surface area contributed by atoms with Gasteiger partial charge in [0.15, 0.2) is 5.78 Å². The summed E-state index contributed by atoms with van der Waals surface area (Å²) in [5, 5.41) is 26.4. The van der Waals surface area contributed by atoms with Crippen LogP contribution in [0.15, 0.2) is 41.8 Å². The molecular formula is C16H12F3N3O5S. The van der Waals surface area contributed by atoms with Gasteiger partial charge in [-0.1, -0.05) is 18.2 Å². The van der Waals surface area contributed by atoms with Crippen molar-refractivity contribution in [3.05, 3.63) is 62.3 Å². The Hall–Kier alpha value is -2.99. The summed E-state index contributed by atoms with van der Waals surface area (Å²) in [5.74, 6) is -3.29. The van der Waals surface area contributed by atoms with E-state index in [0.717, 1.165) is 23.5 Å². The molecule has 1 aromatic heterocycles. The van der Waals surface area contributed by atoms with Gasteiger partial charge in [0, 0.05) is 12.1 Å². The van der Waals surface area contributed by atoms with E-state index in [0.29, 0.717) is 0 Å². The van der Waals surface area contributed by atoms with E-state index in [4.69, 9.17) is 0 Å². The molecular weight excluding hydrogens is 403 g/mol. The van der Waals surface area contributed by atoms with Crippen molar-refractivity contribution in [2.45, 2.75) is 17.9 Å². The fourth-order valence-electron chi connectivity index (χ4n) is 3.02. The number of hydrogen-bond acceptors (Lipinski definition) is 6. The summed E-state index contributed by atoms with van der Waals surface area (Å²) in [6.45, 7) is 0. The van der Waals surface area contributed by atoms with Gasteiger partial charge in [-0.15, -0.1) is 11.3 Å². The average Bonchev–Trinajstić information content (AvgIpc) is 3.14. The van der Waals surface area contributed by atoms with Gasteiger partial charge in [0.25, 0.3) is 5.69 Å². The molecule has 148 valence electrons. The van der Waals surface area contributed by atoms with Crippen molar-refractivity contribution in [1.29, 1.82) is 0 Å². The number of nitro benzene ring substituents is 1. The molecule has 0 unspecified atom stereocenters. The number of benzene rings is 1. The van der Waals surface area contributed by atoms with Crippen molar-refractivity contribution in [2.75, 3.05) is 0 Å². The Morgan fingerprint density at radius 1 is 1.29 bits per heavy atom. The number of rotatable bonds is 4.